The molecule has 0 amide bonds. The third kappa shape index (κ3) is 3.92. The van der Waals surface area contributed by atoms with Crippen molar-refractivity contribution in [1.82, 2.24) is 0 Å². The van der Waals surface area contributed by atoms with Crippen LogP contribution < -0.4 is 4.74 Å². The Balaban J connectivity index is 2.85. The Labute approximate surface area is 104 Å². The van der Waals surface area contributed by atoms with E-state index >= 15 is 0 Å². The predicted octanol–water partition coefficient (Wildman–Crippen LogP) is 1.76. The maximum absolute atomic E-state index is 11.9. The Hall–Kier alpha value is -1.21. The lowest BCUT2D eigenvalue weighted by atomic mass is 10.2. The van der Waals surface area contributed by atoms with Gasteiger partial charge in [0.1, 0.15) is 5.75 Å². The van der Waals surface area contributed by atoms with Gasteiger partial charge in [0.05, 0.1) is 17.6 Å². The number of sulfone groups is 1. The average Bonchev–Trinajstić information content (AvgIpc) is 2.28. The molecule has 0 spiro atoms. The van der Waals surface area contributed by atoms with E-state index in [9.17, 15) is 17.2 Å². The summed E-state index contributed by atoms with van der Waals surface area (Å²) in [6, 6.07) is 5.40. The van der Waals surface area contributed by atoms with Gasteiger partial charge in [-0.15, -0.1) is 0 Å². The fraction of sp³-hybridized carbons (Fsp3) is 0.455. The third-order valence-corrected chi connectivity index (χ3v) is 4.59. The Morgan fingerprint density at radius 3 is 2.28 bits per heavy atom. The largest absolute Gasteiger partial charge is 0.435 e. The Kier molecular flexibility index (Phi) is 5.03. The van der Waals surface area contributed by atoms with E-state index in [2.05, 4.69) is 4.74 Å². The van der Waals surface area contributed by atoms with Crippen LogP contribution in [0.4, 0.5) is 8.78 Å². The first-order chi connectivity index (χ1) is 8.36. The van der Waals surface area contributed by atoms with Crippen molar-refractivity contribution < 1.29 is 27.0 Å². The van der Waals surface area contributed by atoms with Gasteiger partial charge < -0.3 is 9.84 Å². The van der Waals surface area contributed by atoms with Crippen molar-refractivity contribution in [2.24, 2.45) is 0 Å². The van der Waals surface area contributed by atoms with Gasteiger partial charge in [-0.2, -0.15) is 8.78 Å². The van der Waals surface area contributed by atoms with Crippen LogP contribution in [-0.4, -0.2) is 32.5 Å². The Morgan fingerprint density at radius 2 is 1.83 bits per heavy atom. The summed E-state index contributed by atoms with van der Waals surface area (Å²) >= 11 is 0. The van der Waals surface area contributed by atoms with Gasteiger partial charge in [-0.05, 0) is 24.6 Å². The molecule has 1 rings (SSSR count). The van der Waals surface area contributed by atoms with Crippen molar-refractivity contribution in [1.29, 1.82) is 0 Å². The van der Waals surface area contributed by atoms with Crippen LogP contribution in [0.1, 0.15) is 17.7 Å². The molecule has 4 nitrogen and oxygen atoms in total. The molecule has 7 heteroatoms. The Morgan fingerprint density at radius 1 is 1.28 bits per heavy atom. The molecule has 0 bridgehead atoms. The smallest absolute Gasteiger partial charge is 0.387 e. The predicted molar refractivity (Wildman–Crippen MR) is 62.4 cm³/mol. The Bertz CT molecular complexity index is 470. The number of benzene rings is 1. The monoisotopic (exact) mass is 280 g/mol. The van der Waals surface area contributed by atoms with E-state index in [4.69, 9.17) is 5.11 Å². The van der Waals surface area contributed by atoms with Crippen molar-refractivity contribution in [3.8, 4) is 5.75 Å². The minimum Gasteiger partial charge on any atom is -0.435 e. The molecule has 1 atom stereocenters. The summed E-state index contributed by atoms with van der Waals surface area (Å²) in [7, 11) is -3.44. The van der Waals surface area contributed by atoms with E-state index in [1.165, 1.54) is 31.2 Å². The van der Waals surface area contributed by atoms with Crippen LogP contribution in [0.3, 0.4) is 0 Å². The number of hydrogen-bond donors (Lipinski definition) is 1. The summed E-state index contributed by atoms with van der Waals surface area (Å²) in [5.74, 6) is -0.357. The molecule has 1 N–H and O–H groups in total. The molecular formula is C11H14F2O4S. The summed E-state index contributed by atoms with van der Waals surface area (Å²) in [4.78, 5) is 0. The van der Waals surface area contributed by atoms with Crippen LogP contribution in [0.2, 0.25) is 0 Å². The number of aliphatic hydroxyl groups is 1. The number of halogens is 2. The van der Waals surface area contributed by atoms with Crippen molar-refractivity contribution in [2.45, 2.75) is 18.8 Å². The summed E-state index contributed by atoms with van der Waals surface area (Å²) < 4.78 is 51.4. The maximum atomic E-state index is 11.9. The van der Waals surface area contributed by atoms with E-state index in [0.717, 1.165) is 0 Å². The highest BCUT2D eigenvalue weighted by Gasteiger charge is 2.21. The van der Waals surface area contributed by atoms with Crippen LogP contribution in [-0.2, 0) is 9.84 Å². The van der Waals surface area contributed by atoms with Crippen LogP contribution in [0.25, 0.3) is 0 Å². The molecule has 0 aromatic heterocycles. The first-order valence-corrected chi connectivity index (χ1v) is 6.95. The average molecular weight is 280 g/mol. The van der Waals surface area contributed by atoms with Gasteiger partial charge in [-0.1, -0.05) is 12.1 Å². The summed E-state index contributed by atoms with van der Waals surface area (Å²) in [5, 5.41) is 7.86. The minimum atomic E-state index is -3.44. The number of rotatable bonds is 6. The van der Waals surface area contributed by atoms with E-state index in [-0.39, 0.29) is 11.5 Å². The van der Waals surface area contributed by atoms with Crippen LogP contribution in [0, 0.1) is 0 Å². The maximum Gasteiger partial charge on any atom is 0.387 e. The highest BCUT2D eigenvalue weighted by molar-refractivity contribution is 7.91. The zero-order valence-electron chi connectivity index (χ0n) is 9.71. The highest BCUT2D eigenvalue weighted by atomic mass is 32.2. The first kappa shape index (κ1) is 14.8. The minimum absolute atomic E-state index is 0.0273. The van der Waals surface area contributed by atoms with Gasteiger partial charge in [-0.3, -0.25) is 0 Å². The van der Waals surface area contributed by atoms with Crippen molar-refractivity contribution >= 4 is 9.84 Å². The lowest BCUT2D eigenvalue weighted by Gasteiger charge is -2.13. The molecule has 1 unspecified atom stereocenters. The van der Waals surface area contributed by atoms with E-state index in [0.29, 0.717) is 5.56 Å². The molecule has 0 heterocycles. The molecule has 0 saturated heterocycles. The van der Waals surface area contributed by atoms with E-state index in [1.54, 1.807) is 0 Å². The van der Waals surface area contributed by atoms with Crippen LogP contribution in [0.15, 0.2) is 24.3 Å². The van der Waals surface area contributed by atoms with Gasteiger partial charge in [0.15, 0.2) is 9.84 Å². The molecule has 0 aliphatic heterocycles. The van der Waals surface area contributed by atoms with Crippen molar-refractivity contribution in [3.63, 3.8) is 0 Å². The summed E-state index contributed by atoms with van der Waals surface area (Å²) in [6.45, 7) is -1.88. The second-order valence-corrected chi connectivity index (χ2v) is 6.12. The van der Waals surface area contributed by atoms with Gasteiger partial charge in [-0.25, -0.2) is 8.42 Å². The second kappa shape index (κ2) is 6.10. The highest BCUT2D eigenvalue weighted by Crippen LogP contribution is 2.25. The molecule has 0 saturated carbocycles. The number of aliphatic hydroxyl groups excluding tert-OH is 1. The molecular weight excluding hydrogens is 266 g/mol. The normalized spacial score (nSPS) is 13.6. The zero-order valence-corrected chi connectivity index (χ0v) is 10.5. The van der Waals surface area contributed by atoms with Crippen molar-refractivity contribution in [3.05, 3.63) is 29.8 Å². The van der Waals surface area contributed by atoms with Crippen LogP contribution >= 0.6 is 0 Å². The first-order valence-electron chi connectivity index (χ1n) is 5.24. The molecule has 0 aliphatic rings. The van der Waals surface area contributed by atoms with Crippen molar-refractivity contribution in [2.75, 3.05) is 12.4 Å². The number of hydrogen-bond acceptors (Lipinski definition) is 4. The topological polar surface area (TPSA) is 63.6 Å². The molecule has 0 aliphatic carbocycles. The summed E-state index contributed by atoms with van der Waals surface area (Å²) in [6.07, 6.45) is 0. The number of alkyl halides is 2. The lowest BCUT2D eigenvalue weighted by molar-refractivity contribution is -0.0498. The van der Waals surface area contributed by atoms with Gasteiger partial charge in [0, 0.05) is 0 Å². The molecule has 0 radical (unpaired) electrons. The molecule has 102 valence electrons. The van der Waals surface area contributed by atoms with Crippen LogP contribution in [0.5, 0.6) is 5.75 Å². The summed E-state index contributed by atoms with van der Waals surface area (Å²) in [5.41, 5.74) is 0.463. The number of ether oxygens (including phenoxy) is 1. The molecule has 0 fully saturated rings. The molecule has 1 aromatic carbocycles. The quantitative estimate of drug-likeness (QED) is 0.862. The molecule has 18 heavy (non-hydrogen) atoms. The zero-order chi connectivity index (χ0) is 13.8. The standard InChI is InChI=1S/C11H14F2O4S/c1-8(18(15,16)7-6-14)9-2-4-10(5-3-9)17-11(12)13/h2-5,8,11,14H,6-7H2,1H3. The van der Waals surface area contributed by atoms with Gasteiger partial charge in [0.25, 0.3) is 0 Å². The van der Waals surface area contributed by atoms with Gasteiger partial charge >= 0.3 is 6.61 Å². The second-order valence-electron chi connectivity index (χ2n) is 3.68. The molecule has 1 aromatic rings. The van der Waals surface area contributed by atoms with E-state index in [1.807, 2.05) is 0 Å². The third-order valence-electron chi connectivity index (χ3n) is 2.49. The fourth-order valence-electron chi connectivity index (χ4n) is 1.43. The lowest BCUT2D eigenvalue weighted by Crippen LogP contribution is -2.16. The van der Waals surface area contributed by atoms with E-state index < -0.39 is 28.3 Å². The SMILES string of the molecule is CC(c1ccc(OC(F)F)cc1)S(=O)(=O)CCO. The van der Waals surface area contributed by atoms with Gasteiger partial charge in [0.2, 0.25) is 0 Å². The fourth-order valence-corrected chi connectivity index (χ4v) is 2.61.